The maximum absolute atomic E-state index is 11.5. The fourth-order valence-corrected chi connectivity index (χ4v) is 2.54. The Labute approximate surface area is 112 Å². The Morgan fingerprint density at radius 1 is 1.17 bits per heavy atom. The van der Waals surface area contributed by atoms with E-state index in [0.717, 1.165) is 19.3 Å². The van der Waals surface area contributed by atoms with Crippen LogP contribution in [0.25, 0.3) is 0 Å². The highest BCUT2D eigenvalue weighted by Crippen LogP contribution is 2.20. The highest BCUT2D eigenvalue weighted by atomic mass is 16.4. The van der Waals surface area contributed by atoms with Crippen molar-refractivity contribution in [3.8, 4) is 0 Å². The summed E-state index contributed by atoms with van der Waals surface area (Å²) in [4.78, 5) is 11.5. The van der Waals surface area contributed by atoms with Gasteiger partial charge in [-0.3, -0.25) is 10.1 Å². The van der Waals surface area contributed by atoms with Crippen LogP contribution >= 0.6 is 0 Å². The summed E-state index contributed by atoms with van der Waals surface area (Å²) in [7, 11) is 0. The quantitative estimate of drug-likeness (QED) is 0.662. The fourth-order valence-electron chi connectivity index (χ4n) is 2.54. The van der Waals surface area contributed by atoms with Crippen LogP contribution in [0.4, 0.5) is 0 Å². The number of carboxylic acids is 1. The van der Waals surface area contributed by atoms with E-state index in [1.165, 1.54) is 0 Å². The Bertz CT molecular complexity index is 241. The second-order valence-corrected chi connectivity index (χ2v) is 6.49. The summed E-state index contributed by atoms with van der Waals surface area (Å²) >= 11 is 0. The second kappa shape index (κ2) is 7.78. The Kier molecular flexibility index (Phi) is 7.53. The van der Waals surface area contributed by atoms with E-state index in [0.29, 0.717) is 18.3 Å². The average molecular weight is 257 g/mol. The van der Waals surface area contributed by atoms with Crippen molar-refractivity contribution in [2.75, 3.05) is 0 Å². The molecule has 3 nitrogen and oxygen atoms in total. The van der Waals surface area contributed by atoms with Crippen LogP contribution in [0.3, 0.4) is 0 Å². The molecule has 3 heteroatoms. The number of nitrogens with one attached hydrogen (secondary N) is 1. The van der Waals surface area contributed by atoms with Crippen LogP contribution in [0.15, 0.2) is 0 Å². The van der Waals surface area contributed by atoms with Gasteiger partial charge in [-0.05, 0) is 38.0 Å². The van der Waals surface area contributed by atoms with Crippen LogP contribution in [-0.4, -0.2) is 22.7 Å². The lowest BCUT2D eigenvalue weighted by Gasteiger charge is -2.33. The van der Waals surface area contributed by atoms with E-state index < -0.39 is 11.5 Å². The zero-order valence-corrected chi connectivity index (χ0v) is 12.9. The third-order valence-electron chi connectivity index (χ3n) is 3.26. The van der Waals surface area contributed by atoms with Crippen molar-refractivity contribution in [3.05, 3.63) is 0 Å². The minimum atomic E-state index is -0.788. The molecule has 0 aliphatic carbocycles. The molecule has 0 rings (SSSR count). The minimum Gasteiger partial charge on any atom is -0.480 e. The lowest BCUT2D eigenvalue weighted by atomic mass is 9.90. The van der Waals surface area contributed by atoms with Gasteiger partial charge >= 0.3 is 5.97 Å². The molecule has 0 aromatic heterocycles. The van der Waals surface area contributed by atoms with E-state index in [2.05, 4.69) is 33.0 Å². The highest BCUT2D eigenvalue weighted by molar-refractivity contribution is 5.78. The molecule has 0 radical (unpaired) electrons. The van der Waals surface area contributed by atoms with Gasteiger partial charge in [0.15, 0.2) is 0 Å². The molecule has 0 spiro atoms. The van der Waals surface area contributed by atoms with Crippen LogP contribution in [0.1, 0.15) is 67.2 Å². The number of rotatable bonds is 9. The SMILES string of the molecule is CCCC(C)(NC(CC(C)C)CC(C)C)C(=O)O. The van der Waals surface area contributed by atoms with Crippen molar-refractivity contribution in [1.82, 2.24) is 5.32 Å². The smallest absolute Gasteiger partial charge is 0.323 e. The topological polar surface area (TPSA) is 49.3 Å². The van der Waals surface area contributed by atoms with Crippen molar-refractivity contribution in [2.24, 2.45) is 11.8 Å². The van der Waals surface area contributed by atoms with Gasteiger partial charge in [-0.25, -0.2) is 0 Å². The van der Waals surface area contributed by atoms with Crippen molar-refractivity contribution < 1.29 is 9.90 Å². The summed E-state index contributed by atoms with van der Waals surface area (Å²) in [5, 5.41) is 12.8. The Balaban J connectivity index is 4.73. The zero-order valence-electron chi connectivity index (χ0n) is 12.9. The fraction of sp³-hybridized carbons (Fsp3) is 0.933. The summed E-state index contributed by atoms with van der Waals surface area (Å²) in [6.45, 7) is 12.6. The van der Waals surface area contributed by atoms with E-state index in [9.17, 15) is 9.90 Å². The van der Waals surface area contributed by atoms with Crippen LogP contribution in [-0.2, 0) is 4.79 Å². The minimum absolute atomic E-state index is 0.289. The molecule has 1 atom stereocenters. The number of carboxylic acid groups (broad SMARTS) is 1. The number of hydrogen-bond acceptors (Lipinski definition) is 2. The normalized spacial score (nSPS) is 15.4. The molecule has 0 aromatic carbocycles. The molecule has 1 unspecified atom stereocenters. The summed E-state index contributed by atoms with van der Waals surface area (Å²) < 4.78 is 0. The molecule has 0 saturated heterocycles. The predicted octanol–water partition coefficient (Wildman–Crippen LogP) is 3.68. The molecule has 0 amide bonds. The monoisotopic (exact) mass is 257 g/mol. The first-order valence-corrected chi connectivity index (χ1v) is 7.22. The Hall–Kier alpha value is -0.570. The van der Waals surface area contributed by atoms with Crippen molar-refractivity contribution in [2.45, 2.75) is 78.8 Å². The van der Waals surface area contributed by atoms with Crippen molar-refractivity contribution in [1.29, 1.82) is 0 Å². The Morgan fingerprint density at radius 2 is 1.61 bits per heavy atom. The predicted molar refractivity (Wildman–Crippen MR) is 76.8 cm³/mol. The molecule has 0 bridgehead atoms. The number of aliphatic carboxylic acids is 1. The lowest BCUT2D eigenvalue weighted by molar-refractivity contribution is -0.145. The van der Waals surface area contributed by atoms with Gasteiger partial charge in [0.05, 0.1) is 0 Å². The van der Waals surface area contributed by atoms with Crippen molar-refractivity contribution in [3.63, 3.8) is 0 Å². The van der Waals surface area contributed by atoms with Gasteiger partial charge in [0.2, 0.25) is 0 Å². The van der Waals surface area contributed by atoms with Gasteiger partial charge in [-0.15, -0.1) is 0 Å². The van der Waals surface area contributed by atoms with Gasteiger partial charge in [-0.1, -0.05) is 41.0 Å². The Morgan fingerprint density at radius 3 is 1.89 bits per heavy atom. The molecular weight excluding hydrogens is 226 g/mol. The van der Waals surface area contributed by atoms with Gasteiger partial charge in [0.25, 0.3) is 0 Å². The number of hydrogen-bond donors (Lipinski definition) is 2. The summed E-state index contributed by atoms with van der Waals surface area (Å²) in [5.41, 5.74) is -0.788. The highest BCUT2D eigenvalue weighted by Gasteiger charge is 2.34. The van der Waals surface area contributed by atoms with E-state index >= 15 is 0 Å². The van der Waals surface area contributed by atoms with E-state index in [-0.39, 0.29) is 6.04 Å². The molecule has 2 N–H and O–H groups in total. The average Bonchev–Trinajstić information content (AvgIpc) is 2.14. The molecule has 0 aliphatic rings. The van der Waals surface area contributed by atoms with Gasteiger partial charge in [0, 0.05) is 6.04 Å². The van der Waals surface area contributed by atoms with Gasteiger partial charge in [0.1, 0.15) is 5.54 Å². The largest absolute Gasteiger partial charge is 0.480 e. The first-order chi connectivity index (χ1) is 8.21. The van der Waals surface area contributed by atoms with E-state index in [1.807, 2.05) is 13.8 Å². The van der Waals surface area contributed by atoms with Crippen LogP contribution in [0.5, 0.6) is 0 Å². The molecule has 108 valence electrons. The van der Waals surface area contributed by atoms with Crippen LogP contribution < -0.4 is 5.32 Å². The van der Waals surface area contributed by atoms with Gasteiger partial charge < -0.3 is 5.11 Å². The van der Waals surface area contributed by atoms with E-state index in [4.69, 9.17) is 0 Å². The summed E-state index contributed by atoms with van der Waals surface area (Å²) in [6.07, 6.45) is 3.62. The maximum atomic E-state index is 11.5. The molecule has 0 aliphatic heterocycles. The molecule has 0 fully saturated rings. The number of carbonyl (C=O) groups is 1. The molecule has 18 heavy (non-hydrogen) atoms. The molecular formula is C15H31NO2. The van der Waals surface area contributed by atoms with E-state index in [1.54, 1.807) is 0 Å². The van der Waals surface area contributed by atoms with Crippen LogP contribution in [0.2, 0.25) is 0 Å². The van der Waals surface area contributed by atoms with Gasteiger partial charge in [-0.2, -0.15) is 0 Å². The maximum Gasteiger partial charge on any atom is 0.323 e. The third kappa shape index (κ3) is 6.39. The summed E-state index contributed by atoms with van der Waals surface area (Å²) in [5.74, 6) is 0.434. The second-order valence-electron chi connectivity index (χ2n) is 6.49. The zero-order chi connectivity index (χ0) is 14.3. The molecule has 0 heterocycles. The first-order valence-electron chi connectivity index (χ1n) is 7.22. The molecule has 0 aromatic rings. The van der Waals surface area contributed by atoms with Crippen LogP contribution in [0, 0.1) is 11.8 Å². The third-order valence-corrected chi connectivity index (χ3v) is 3.26. The molecule has 0 saturated carbocycles. The first kappa shape index (κ1) is 17.4. The lowest BCUT2D eigenvalue weighted by Crippen LogP contribution is -2.54. The standard InChI is InChI=1S/C15H31NO2/c1-7-8-15(6,14(17)18)16-13(9-11(2)3)10-12(4)5/h11-13,16H,7-10H2,1-6H3,(H,17,18). The summed E-state index contributed by atoms with van der Waals surface area (Å²) in [6, 6.07) is 0.289. The van der Waals surface area contributed by atoms with Crippen molar-refractivity contribution >= 4 is 5.97 Å².